The zero-order chi connectivity index (χ0) is 16.5. The van der Waals surface area contributed by atoms with E-state index in [4.69, 9.17) is 16.7 Å². The highest BCUT2D eigenvalue weighted by molar-refractivity contribution is 9.10. The molecule has 0 aliphatic carbocycles. The number of hydrogen-bond acceptors (Lipinski definition) is 3. The van der Waals surface area contributed by atoms with Gasteiger partial charge in [0.2, 0.25) is 10.0 Å². The van der Waals surface area contributed by atoms with Gasteiger partial charge in [0.05, 0.1) is 10.8 Å². The summed E-state index contributed by atoms with van der Waals surface area (Å²) in [5, 5.41) is 5.39. The highest BCUT2D eigenvalue weighted by Gasteiger charge is 2.17. The zero-order valence-electron chi connectivity index (χ0n) is 11.6. The lowest BCUT2D eigenvalue weighted by molar-refractivity contribution is 0.103. The standard InChI is InChI=1S/C15H13BrClNO3S/c1-9-2-4-12(14(17)6-9)15(19)11-5-3-10(7-13(11)16)8-22(18,20)21/h2-7H,8H2,1H3,(H2,18,20,21). The smallest absolute Gasteiger partial charge is 0.213 e. The predicted molar refractivity (Wildman–Crippen MR) is 90.6 cm³/mol. The maximum atomic E-state index is 12.5. The molecule has 4 nitrogen and oxygen atoms in total. The lowest BCUT2D eigenvalue weighted by atomic mass is 10.0. The van der Waals surface area contributed by atoms with Crippen LogP contribution in [0, 0.1) is 6.92 Å². The minimum Gasteiger partial charge on any atom is -0.289 e. The van der Waals surface area contributed by atoms with E-state index in [0.717, 1.165) is 5.56 Å². The summed E-state index contributed by atoms with van der Waals surface area (Å²) in [6, 6.07) is 9.89. The Morgan fingerprint density at radius 3 is 2.36 bits per heavy atom. The number of carbonyl (C=O) groups is 1. The lowest BCUT2D eigenvalue weighted by Gasteiger charge is -2.08. The van der Waals surface area contributed by atoms with Crippen LogP contribution in [-0.2, 0) is 15.8 Å². The van der Waals surface area contributed by atoms with E-state index in [1.54, 1.807) is 30.3 Å². The summed E-state index contributed by atoms with van der Waals surface area (Å²) in [7, 11) is -3.62. The van der Waals surface area contributed by atoms with Gasteiger partial charge < -0.3 is 0 Å². The molecule has 7 heteroatoms. The molecule has 0 fully saturated rings. The molecule has 0 aliphatic heterocycles. The van der Waals surface area contributed by atoms with E-state index >= 15 is 0 Å². The molecule has 0 atom stereocenters. The Kier molecular flexibility index (Phi) is 5.07. The Hall–Kier alpha value is -1.21. The van der Waals surface area contributed by atoms with Crippen molar-refractivity contribution in [3.8, 4) is 0 Å². The van der Waals surface area contributed by atoms with Crippen LogP contribution in [-0.4, -0.2) is 14.2 Å². The Bertz CT molecular complexity index is 850. The fraction of sp³-hybridized carbons (Fsp3) is 0.133. The summed E-state index contributed by atoms with van der Waals surface area (Å²) in [4.78, 5) is 12.5. The SMILES string of the molecule is Cc1ccc(C(=O)c2ccc(CS(N)(=O)=O)cc2Br)c(Cl)c1. The minimum atomic E-state index is -3.62. The van der Waals surface area contributed by atoms with Crippen LogP contribution in [0.2, 0.25) is 5.02 Å². The normalized spacial score (nSPS) is 11.5. The molecule has 0 bridgehead atoms. The van der Waals surface area contributed by atoms with Crippen LogP contribution in [0.25, 0.3) is 0 Å². The maximum Gasteiger partial charge on any atom is 0.213 e. The first-order valence-corrected chi connectivity index (χ1v) is 9.16. The summed E-state index contributed by atoms with van der Waals surface area (Å²) in [5.41, 5.74) is 2.26. The third-order valence-electron chi connectivity index (χ3n) is 3.02. The number of rotatable bonds is 4. The molecule has 2 aromatic rings. The van der Waals surface area contributed by atoms with Gasteiger partial charge in [-0.2, -0.15) is 0 Å². The number of sulfonamides is 1. The summed E-state index contributed by atoms with van der Waals surface area (Å²) in [5.74, 6) is -0.523. The number of hydrogen-bond donors (Lipinski definition) is 1. The topological polar surface area (TPSA) is 77.2 Å². The second-order valence-electron chi connectivity index (χ2n) is 4.93. The molecule has 0 aliphatic rings. The van der Waals surface area contributed by atoms with Crippen LogP contribution in [0.5, 0.6) is 0 Å². The number of halogens is 2. The molecule has 0 radical (unpaired) electrons. The van der Waals surface area contributed by atoms with Crippen LogP contribution in [0.15, 0.2) is 40.9 Å². The molecular weight excluding hydrogens is 390 g/mol. The molecule has 116 valence electrons. The Morgan fingerprint density at radius 2 is 1.82 bits per heavy atom. The number of carbonyl (C=O) groups excluding carboxylic acids is 1. The van der Waals surface area contributed by atoms with E-state index in [1.807, 2.05) is 13.0 Å². The van der Waals surface area contributed by atoms with E-state index in [9.17, 15) is 13.2 Å². The fourth-order valence-corrected chi connectivity index (χ4v) is 3.59. The van der Waals surface area contributed by atoms with Gasteiger partial charge >= 0.3 is 0 Å². The first-order chi connectivity index (χ1) is 10.2. The number of primary sulfonamides is 1. The van der Waals surface area contributed by atoms with Gasteiger partial charge in [-0.25, -0.2) is 13.6 Å². The third-order valence-corrected chi connectivity index (χ3v) is 4.72. The molecule has 0 amide bonds. The first-order valence-electron chi connectivity index (χ1n) is 6.27. The zero-order valence-corrected chi connectivity index (χ0v) is 14.8. The number of benzene rings is 2. The van der Waals surface area contributed by atoms with Crippen molar-refractivity contribution in [2.75, 3.05) is 0 Å². The quantitative estimate of drug-likeness (QED) is 0.796. The molecule has 0 aromatic heterocycles. The Labute approximate surface area is 142 Å². The second kappa shape index (κ2) is 6.50. The van der Waals surface area contributed by atoms with E-state index in [0.29, 0.717) is 26.2 Å². The van der Waals surface area contributed by atoms with Crippen molar-refractivity contribution in [2.24, 2.45) is 5.14 Å². The number of aryl methyl sites for hydroxylation is 1. The monoisotopic (exact) mass is 401 g/mol. The second-order valence-corrected chi connectivity index (χ2v) is 7.81. The summed E-state index contributed by atoms with van der Waals surface area (Å²) in [6.07, 6.45) is 0. The van der Waals surface area contributed by atoms with Gasteiger partial charge in [0.25, 0.3) is 0 Å². The van der Waals surface area contributed by atoms with Gasteiger partial charge in [-0.05, 0) is 42.3 Å². The molecule has 0 saturated heterocycles. The number of nitrogens with two attached hydrogens (primary N) is 1. The van der Waals surface area contributed by atoms with Gasteiger partial charge in [0.1, 0.15) is 0 Å². The molecule has 22 heavy (non-hydrogen) atoms. The van der Waals surface area contributed by atoms with E-state index in [-0.39, 0.29) is 11.5 Å². The van der Waals surface area contributed by atoms with Gasteiger partial charge in [-0.15, -0.1) is 0 Å². The van der Waals surface area contributed by atoms with Gasteiger partial charge in [0, 0.05) is 15.6 Å². The Morgan fingerprint density at radius 1 is 1.18 bits per heavy atom. The molecule has 2 aromatic carbocycles. The summed E-state index contributed by atoms with van der Waals surface area (Å²) >= 11 is 9.41. The van der Waals surface area contributed by atoms with Crippen LogP contribution < -0.4 is 5.14 Å². The molecule has 0 spiro atoms. The van der Waals surface area contributed by atoms with E-state index in [1.165, 1.54) is 0 Å². The average Bonchev–Trinajstić information content (AvgIpc) is 2.36. The summed E-state index contributed by atoms with van der Waals surface area (Å²) < 4.78 is 22.7. The molecule has 0 unspecified atom stereocenters. The third kappa shape index (κ3) is 4.16. The van der Waals surface area contributed by atoms with Crippen molar-refractivity contribution >= 4 is 43.3 Å². The molecule has 2 N–H and O–H groups in total. The Balaban J connectivity index is 2.38. The van der Waals surface area contributed by atoms with Crippen LogP contribution in [0.1, 0.15) is 27.0 Å². The fourth-order valence-electron chi connectivity index (χ4n) is 2.01. The van der Waals surface area contributed by atoms with Crippen molar-refractivity contribution in [1.29, 1.82) is 0 Å². The van der Waals surface area contributed by atoms with Crippen LogP contribution in [0.4, 0.5) is 0 Å². The maximum absolute atomic E-state index is 12.5. The minimum absolute atomic E-state index is 0.237. The highest BCUT2D eigenvalue weighted by Crippen LogP contribution is 2.26. The van der Waals surface area contributed by atoms with Crippen molar-refractivity contribution in [3.05, 3.63) is 68.1 Å². The predicted octanol–water partition coefficient (Wildman–Crippen LogP) is 3.43. The van der Waals surface area contributed by atoms with E-state index < -0.39 is 10.0 Å². The molecule has 0 heterocycles. The van der Waals surface area contributed by atoms with Crippen molar-refractivity contribution in [2.45, 2.75) is 12.7 Å². The van der Waals surface area contributed by atoms with Crippen molar-refractivity contribution in [3.63, 3.8) is 0 Å². The lowest BCUT2D eigenvalue weighted by Crippen LogP contribution is -2.14. The van der Waals surface area contributed by atoms with Crippen molar-refractivity contribution in [1.82, 2.24) is 0 Å². The molecule has 0 saturated carbocycles. The van der Waals surface area contributed by atoms with Gasteiger partial charge in [0.15, 0.2) is 5.78 Å². The molecular formula is C15H13BrClNO3S. The highest BCUT2D eigenvalue weighted by atomic mass is 79.9. The first kappa shape index (κ1) is 17.1. The van der Waals surface area contributed by atoms with Gasteiger partial charge in [-0.3, -0.25) is 4.79 Å². The van der Waals surface area contributed by atoms with Gasteiger partial charge in [-0.1, -0.05) is 39.7 Å². The van der Waals surface area contributed by atoms with Crippen LogP contribution >= 0.6 is 27.5 Å². The largest absolute Gasteiger partial charge is 0.289 e. The average molecular weight is 403 g/mol. The summed E-state index contributed by atoms with van der Waals surface area (Å²) in [6.45, 7) is 1.89. The van der Waals surface area contributed by atoms with Crippen LogP contribution in [0.3, 0.4) is 0 Å². The van der Waals surface area contributed by atoms with E-state index in [2.05, 4.69) is 15.9 Å². The van der Waals surface area contributed by atoms with Crippen molar-refractivity contribution < 1.29 is 13.2 Å². The number of ketones is 1. The molecule has 2 rings (SSSR count).